The number of hydrogen-bond acceptors (Lipinski definition) is 5. The average Bonchev–Trinajstić information content (AvgIpc) is 2.78. The summed E-state index contributed by atoms with van der Waals surface area (Å²) in [5.74, 6) is 0.0546. The zero-order chi connectivity index (χ0) is 21.1. The van der Waals surface area contributed by atoms with Crippen LogP contribution >= 0.6 is 11.6 Å². The van der Waals surface area contributed by atoms with Crippen molar-refractivity contribution in [2.45, 2.75) is 0 Å². The van der Waals surface area contributed by atoms with E-state index in [4.69, 9.17) is 11.6 Å². The molecule has 9 heteroatoms. The maximum atomic E-state index is 12.5. The minimum atomic E-state index is -0.570. The summed E-state index contributed by atoms with van der Waals surface area (Å²) < 4.78 is 0. The molecular weight excluding hydrogens is 406 g/mol. The maximum Gasteiger partial charge on any atom is 0.257 e. The summed E-state index contributed by atoms with van der Waals surface area (Å²) >= 11 is 5.87. The third-order valence-corrected chi connectivity index (χ3v) is 5.32. The molecule has 1 aliphatic heterocycles. The molecule has 0 bridgehead atoms. The number of nitrogens with one attached hydrogen (secondary N) is 2. The van der Waals surface area contributed by atoms with E-state index < -0.39 is 5.91 Å². The second-order valence-corrected chi connectivity index (χ2v) is 7.40. The minimum Gasteiger partial charge on any atom is -0.360 e. The Kier molecular flexibility index (Phi) is 5.67. The highest BCUT2D eigenvalue weighted by atomic mass is 35.5. The molecule has 0 atom stereocenters. The van der Waals surface area contributed by atoms with Crippen molar-refractivity contribution in [1.29, 1.82) is 0 Å². The fraction of sp³-hybridized carbons (Fsp3) is 0.238. The summed E-state index contributed by atoms with van der Waals surface area (Å²) in [5.41, 5.74) is 0.279. The SMILES string of the molecule is O=C(NCC(=O)N1CCN(c2ccc(Cl)cn2)CC1)c1c[nH]c2ccccc2c1=O. The zero-order valence-electron chi connectivity index (χ0n) is 16.1. The smallest absolute Gasteiger partial charge is 0.257 e. The molecule has 4 rings (SSSR count). The Bertz CT molecular complexity index is 1140. The predicted molar refractivity (Wildman–Crippen MR) is 115 cm³/mol. The van der Waals surface area contributed by atoms with Crippen molar-refractivity contribution < 1.29 is 9.59 Å². The Balaban J connectivity index is 1.33. The van der Waals surface area contributed by atoms with Gasteiger partial charge < -0.3 is 20.1 Å². The minimum absolute atomic E-state index is 0.0138. The van der Waals surface area contributed by atoms with Gasteiger partial charge in [-0.1, -0.05) is 23.7 Å². The number of piperazine rings is 1. The Morgan fingerprint density at radius 3 is 2.60 bits per heavy atom. The van der Waals surface area contributed by atoms with Crippen molar-refractivity contribution in [2.24, 2.45) is 0 Å². The molecule has 0 radical (unpaired) electrons. The molecule has 1 saturated heterocycles. The van der Waals surface area contributed by atoms with Crippen molar-refractivity contribution in [3.63, 3.8) is 0 Å². The molecule has 1 fully saturated rings. The van der Waals surface area contributed by atoms with Crippen molar-refractivity contribution >= 4 is 40.1 Å². The van der Waals surface area contributed by atoms with E-state index in [1.165, 1.54) is 6.20 Å². The molecule has 1 aromatic carbocycles. The number of nitrogens with zero attached hydrogens (tertiary/aromatic N) is 3. The molecule has 2 amide bonds. The van der Waals surface area contributed by atoms with Crippen LogP contribution in [0.15, 0.2) is 53.6 Å². The Morgan fingerprint density at radius 2 is 1.87 bits per heavy atom. The molecule has 30 heavy (non-hydrogen) atoms. The number of aromatic nitrogens is 2. The second kappa shape index (κ2) is 8.54. The van der Waals surface area contributed by atoms with E-state index in [0.717, 1.165) is 5.82 Å². The standard InChI is InChI=1S/C21H20ClN5O3/c22-14-5-6-18(24-11-14)26-7-9-27(10-8-26)19(28)13-25-21(30)16-12-23-17-4-2-1-3-15(17)20(16)29/h1-6,11-12H,7-10,13H2,(H,23,29)(H,25,30). The van der Waals surface area contributed by atoms with E-state index in [0.29, 0.717) is 42.1 Å². The van der Waals surface area contributed by atoms with E-state index in [9.17, 15) is 14.4 Å². The number of fused-ring (bicyclic) bond motifs is 1. The lowest BCUT2D eigenvalue weighted by atomic mass is 10.1. The van der Waals surface area contributed by atoms with Gasteiger partial charge in [0.1, 0.15) is 11.4 Å². The number of anilines is 1. The number of rotatable bonds is 4. The summed E-state index contributed by atoms with van der Waals surface area (Å²) in [4.78, 5) is 48.4. The van der Waals surface area contributed by atoms with Gasteiger partial charge in [0.2, 0.25) is 11.3 Å². The molecule has 0 aliphatic carbocycles. The van der Waals surface area contributed by atoms with Crippen molar-refractivity contribution in [3.8, 4) is 0 Å². The van der Waals surface area contributed by atoms with Gasteiger partial charge in [-0.05, 0) is 24.3 Å². The first-order valence-corrected chi connectivity index (χ1v) is 9.93. The molecule has 1 aliphatic rings. The number of carbonyl (C=O) groups is 2. The van der Waals surface area contributed by atoms with Gasteiger partial charge in [0.05, 0.1) is 11.6 Å². The Morgan fingerprint density at radius 1 is 1.10 bits per heavy atom. The summed E-state index contributed by atoms with van der Waals surface area (Å²) in [6.07, 6.45) is 2.97. The third kappa shape index (κ3) is 4.13. The topological polar surface area (TPSA) is 98.4 Å². The van der Waals surface area contributed by atoms with E-state index in [1.807, 2.05) is 6.07 Å². The summed E-state index contributed by atoms with van der Waals surface area (Å²) in [6.45, 7) is 2.16. The van der Waals surface area contributed by atoms with Crippen molar-refractivity contribution in [2.75, 3.05) is 37.6 Å². The zero-order valence-corrected chi connectivity index (χ0v) is 16.9. The summed E-state index contributed by atoms with van der Waals surface area (Å²) in [6, 6.07) is 10.6. The van der Waals surface area contributed by atoms with E-state index in [-0.39, 0.29) is 23.4 Å². The molecule has 8 nitrogen and oxygen atoms in total. The number of carbonyl (C=O) groups excluding carboxylic acids is 2. The van der Waals surface area contributed by atoms with Gasteiger partial charge in [-0.2, -0.15) is 0 Å². The van der Waals surface area contributed by atoms with Gasteiger partial charge >= 0.3 is 0 Å². The van der Waals surface area contributed by atoms with Crippen LogP contribution < -0.4 is 15.6 Å². The van der Waals surface area contributed by atoms with Gasteiger partial charge in [-0.3, -0.25) is 14.4 Å². The molecule has 0 unspecified atom stereocenters. The number of hydrogen-bond donors (Lipinski definition) is 2. The molecule has 154 valence electrons. The van der Waals surface area contributed by atoms with Gasteiger partial charge in [-0.15, -0.1) is 0 Å². The quantitative estimate of drug-likeness (QED) is 0.662. The van der Waals surface area contributed by atoms with Crippen LogP contribution in [0.5, 0.6) is 0 Å². The van der Waals surface area contributed by atoms with E-state index >= 15 is 0 Å². The lowest BCUT2D eigenvalue weighted by molar-refractivity contribution is -0.130. The van der Waals surface area contributed by atoms with Gasteiger partial charge in [0.15, 0.2) is 0 Å². The maximum absolute atomic E-state index is 12.5. The van der Waals surface area contributed by atoms with Gasteiger partial charge in [0.25, 0.3) is 5.91 Å². The highest BCUT2D eigenvalue weighted by molar-refractivity contribution is 6.30. The van der Waals surface area contributed by atoms with Gasteiger partial charge in [-0.25, -0.2) is 4.98 Å². The molecule has 3 heterocycles. The normalized spacial score (nSPS) is 14.0. The fourth-order valence-electron chi connectivity index (χ4n) is 3.44. The van der Waals surface area contributed by atoms with Crippen LogP contribution in [0.25, 0.3) is 10.9 Å². The first-order chi connectivity index (χ1) is 14.5. The average molecular weight is 426 g/mol. The molecule has 0 saturated carbocycles. The fourth-order valence-corrected chi connectivity index (χ4v) is 3.55. The number of pyridine rings is 2. The van der Waals surface area contributed by atoms with Crippen LogP contribution in [0.1, 0.15) is 10.4 Å². The van der Waals surface area contributed by atoms with E-state index in [1.54, 1.807) is 41.4 Å². The van der Waals surface area contributed by atoms with Gasteiger partial charge in [0, 0.05) is 49.5 Å². The molecule has 2 aromatic heterocycles. The predicted octanol–water partition coefficient (Wildman–Crippen LogP) is 1.66. The molecule has 3 aromatic rings. The summed E-state index contributed by atoms with van der Waals surface area (Å²) in [5, 5.41) is 3.57. The summed E-state index contributed by atoms with van der Waals surface area (Å²) in [7, 11) is 0. The number of para-hydroxylation sites is 1. The Hall–Kier alpha value is -3.39. The van der Waals surface area contributed by atoms with Crippen LogP contribution in [-0.2, 0) is 4.79 Å². The highest BCUT2D eigenvalue weighted by Crippen LogP contribution is 2.16. The lowest BCUT2D eigenvalue weighted by Gasteiger charge is -2.35. The number of benzene rings is 1. The first-order valence-electron chi connectivity index (χ1n) is 9.56. The molecular formula is C21H20ClN5O3. The molecule has 2 N–H and O–H groups in total. The number of H-pyrrole nitrogens is 1. The largest absolute Gasteiger partial charge is 0.360 e. The van der Waals surface area contributed by atoms with Crippen molar-refractivity contribution in [3.05, 3.63) is 69.6 Å². The number of aromatic amines is 1. The first kappa shape index (κ1) is 19.9. The number of halogens is 1. The Labute approximate surface area is 177 Å². The van der Waals surface area contributed by atoms with E-state index in [2.05, 4.69) is 20.2 Å². The van der Waals surface area contributed by atoms with Crippen LogP contribution in [-0.4, -0.2) is 59.4 Å². The monoisotopic (exact) mass is 425 g/mol. The highest BCUT2D eigenvalue weighted by Gasteiger charge is 2.22. The molecule has 0 spiro atoms. The van der Waals surface area contributed by atoms with Crippen LogP contribution in [0.4, 0.5) is 5.82 Å². The van der Waals surface area contributed by atoms with Crippen LogP contribution in [0, 0.1) is 0 Å². The number of amides is 2. The second-order valence-electron chi connectivity index (χ2n) is 6.96. The third-order valence-electron chi connectivity index (χ3n) is 5.10. The van der Waals surface area contributed by atoms with Crippen LogP contribution in [0.3, 0.4) is 0 Å². The van der Waals surface area contributed by atoms with Crippen LogP contribution in [0.2, 0.25) is 5.02 Å². The lowest BCUT2D eigenvalue weighted by Crippen LogP contribution is -2.51. The van der Waals surface area contributed by atoms with Crippen molar-refractivity contribution in [1.82, 2.24) is 20.2 Å².